The van der Waals surface area contributed by atoms with Crippen molar-refractivity contribution < 1.29 is 0 Å². The van der Waals surface area contributed by atoms with Crippen molar-refractivity contribution in [2.45, 2.75) is 6.54 Å². The van der Waals surface area contributed by atoms with Crippen LogP contribution in [0.15, 0.2) is 42.7 Å². The lowest BCUT2D eigenvalue weighted by molar-refractivity contribution is 0.948. The summed E-state index contributed by atoms with van der Waals surface area (Å²) in [5.41, 5.74) is 1.84. The molecule has 0 saturated carbocycles. The van der Waals surface area contributed by atoms with E-state index in [0.717, 1.165) is 17.1 Å². The molecule has 0 aliphatic heterocycles. The van der Waals surface area contributed by atoms with Crippen LogP contribution in [0.25, 0.3) is 0 Å². The maximum absolute atomic E-state index is 5.32. The highest BCUT2D eigenvalue weighted by Gasteiger charge is 1.96. The van der Waals surface area contributed by atoms with Gasteiger partial charge in [0.1, 0.15) is 5.82 Å². The summed E-state index contributed by atoms with van der Waals surface area (Å²) in [4.78, 5) is 8.24. The van der Waals surface area contributed by atoms with E-state index in [1.54, 1.807) is 18.5 Å². The van der Waals surface area contributed by atoms with Gasteiger partial charge in [0.15, 0.2) is 0 Å². The van der Waals surface area contributed by atoms with Crippen LogP contribution in [0, 0.1) is 12.3 Å². The molecule has 0 fully saturated rings. The summed E-state index contributed by atoms with van der Waals surface area (Å²) in [6, 6.07) is 9.49. The Morgan fingerprint density at radius 3 is 2.75 bits per heavy atom. The molecule has 0 unspecified atom stereocenters. The van der Waals surface area contributed by atoms with Crippen LogP contribution in [0.1, 0.15) is 11.4 Å². The summed E-state index contributed by atoms with van der Waals surface area (Å²) < 4.78 is 0. The second kappa shape index (κ2) is 4.94. The van der Waals surface area contributed by atoms with Crippen molar-refractivity contribution in [3.8, 4) is 12.3 Å². The van der Waals surface area contributed by atoms with Gasteiger partial charge in [-0.05, 0) is 24.3 Å². The SMILES string of the molecule is C#Cc1cccc(NCc2ncccn2)c1. The quantitative estimate of drug-likeness (QED) is 0.786. The molecule has 1 aromatic heterocycles. The molecule has 0 radical (unpaired) electrons. The Hall–Kier alpha value is -2.34. The molecule has 1 aromatic carbocycles. The van der Waals surface area contributed by atoms with E-state index in [9.17, 15) is 0 Å². The van der Waals surface area contributed by atoms with Crippen molar-refractivity contribution >= 4 is 5.69 Å². The Morgan fingerprint density at radius 2 is 2.00 bits per heavy atom. The fraction of sp³-hybridized carbons (Fsp3) is 0.0769. The zero-order valence-electron chi connectivity index (χ0n) is 8.72. The molecule has 1 N–H and O–H groups in total. The molecule has 3 heteroatoms. The minimum absolute atomic E-state index is 0.592. The van der Waals surface area contributed by atoms with Gasteiger partial charge >= 0.3 is 0 Å². The molecule has 0 bridgehead atoms. The molecular weight excluding hydrogens is 198 g/mol. The van der Waals surface area contributed by atoms with Crippen LogP contribution in [-0.4, -0.2) is 9.97 Å². The van der Waals surface area contributed by atoms with Gasteiger partial charge in [0.05, 0.1) is 6.54 Å². The molecular formula is C13H11N3. The third kappa shape index (κ3) is 2.58. The second-order valence-electron chi connectivity index (χ2n) is 3.24. The predicted molar refractivity (Wildman–Crippen MR) is 63.7 cm³/mol. The number of anilines is 1. The van der Waals surface area contributed by atoms with E-state index in [0.29, 0.717) is 6.54 Å². The van der Waals surface area contributed by atoms with Gasteiger partial charge in [-0.3, -0.25) is 0 Å². The van der Waals surface area contributed by atoms with E-state index in [1.807, 2.05) is 24.3 Å². The van der Waals surface area contributed by atoms with Crippen molar-refractivity contribution in [1.29, 1.82) is 0 Å². The first-order valence-electron chi connectivity index (χ1n) is 4.95. The van der Waals surface area contributed by atoms with Crippen LogP contribution < -0.4 is 5.32 Å². The maximum atomic E-state index is 5.32. The Balaban J connectivity index is 2.03. The Kier molecular flexibility index (Phi) is 3.15. The standard InChI is InChI=1S/C13H11N3/c1-2-11-5-3-6-12(9-11)16-10-13-14-7-4-8-15-13/h1,3-9,16H,10H2. The van der Waals surface area contributed by atoms with Gasteiger partial charge in [-0.25, -0.2) is 9.97 Å². The average Bonchev–Trinajstić information content (AvgIpc) is 2.38. The fourth-order valence-electron chi connectivity index (χ4n) is 1.32. The third-order valence-electron chi connectivity index (χ3n) is 2.10. The number of nitrogens with one attached hydrogen (secondary N) is 1. The first-order valence-corrected chi connectivity index (χ1v) is 4.95. The monoisotopic (exact) mass is 209 g/mol. The highest BCUT2D eigenvalue weighted by Crippen LogP contribution is 2.10. The number of aromatic nitrogens is 2. The van der Waals surface area contributed by atoms with Crippen LogP contribution >= 0.6 is 0 Å². The van der Waals surface area contributed by atoms with E-state index in [2.05, 4.69) is 21.2 Å². The second-order valence-corrected chi connectivity index (χ2v) is 3.24. The molecule has 0 aliphatic carbocycles. The fourth-order valence-corrected chi connectivity index (χ4v) is 1.32. The molecule has 1 heterocycles. The predicted octanol–water partition coefficient (Wildman–Crippen LogP) is 2.07. The van der Waals surface area contributed by atoms with Crippen molar-refractivity contribution in [3.05, 3.63) is 54.1 Å². The number of rotatable bonds is 3. The number of nitrogens with zero attached hydrogens (tertiary/aromatic N) is 2. The Morgan fingerprint density at radius 1 is 1.19 bits per heavy atom. The summed E-state index contributed by atoms with van der Waals surface area (Å²) in [5, 5.41) is 3.22. The van der Waals surface area contributed by atoms with Crippen LogP contribution in [0.2, 0.25) is 0 Å². The van der Waals surface area contributed by atoms with E-state index < -0.39 is 0 Å². The molecule has 0 aliphatic rings. The van der Waals surface area contributed by atoms with Gasteiger partial charge < -0.3 is 5.32 Å². The van der Waals surface area contributed by atoms with E-state index in [4.69, 9.17) is 6.42 Å². The number of hydrogen-bond acceptors (Lipinski definition) is 3. The zero-order valence-corrected chi connectivity index (χ0v) is 8.72. The lowest BCUT2D eigenvalue weighted by Crippen LogP contribution is -2.03. The Labute approximate surface area is 94.6 Å². The van der Waals surface area contributed by atoms with Gasteiger partial charge in [-0.15, -0.1) is 6.42 Å². The molecule has 0 atom stereocenters. The largest absolute Gasteiger partial charge is 0.378 e. The number of hydrogen-bond donors (Lipinski definition) is 1. The van der Waals surface area contributed by atoms with E-state index in [-0.39, 0.29) is 0 Å². The summed E-state index contributed by atoms with van der Waals surface area (Å²) in [6.07, 6.45) is 8.77. The number of terminal acetylenes is 1. The van der Waals surface area contributed by atoms with Crippen molar-refractivity contribution in [3.63, 3.8) is 0 Å². The van der Waals surface area contributed by atoms with Gasteiger partial charge in [0.2, 0.25) is 0 Å². The molecule has 2 aromatic rings. The minimum Gasteiger partial charge on any atom is -0.378 e. The molecule has 0 spiro atoms. The summed E-state index contributed by atoms with van der Waals surface area (Å²) >= 11 is 0. The van der Waals surface area contributed by atoms with Gasteiger partial charge in [0, 0.05) is 23.6 Å². The van der Waals surface area contributed by atoms with Crippen LogP contribution in [-0.2, 0) is 6.54 Å². The van der Waals surface area contributed by atoms with Crippen LogP contribution in [0.4, 0.5) is 5.69 Å². The van der Waals surface area contributed by atoms with E-state index >= 15 is 0 Å². The highest BCUT2D eigenvalue weighted by molar-refractivity contribution is 5.49. The highest BCUT2D eigenvalue weighted by atomic mass is 15.0. The van der Waals surface area contributed by atoms with Gasteiger partial charge in [-0.1, -0.05) is 12.0 Å². The van der Waals surface area contributed by atoms with Crippen molar-refractivity contribution in [1.82, 2.24) is 9.97 Å². The van der Waals surface area contributed by atoms with Crippen LogP contribution in [0.5, 0.6) is 0 Å². The molecule has 16 heavy (non-hydrogen) atoms. The van der Waals surface area contributed by atoms with Crippen LogP contribution in [0.3, 0.4) is 0 Å². The topological polar surface area (TPSA) is 37.8 Å². The average molecular weight is 209 g/mol. The van der Waals surface area contributed by atoms with E-state index in [1.165, 1.54) is 0 Å². The molecule has 2 rings (SSSR count). The normalized spacial score (nSPS) is 9.44. The van der Waals surface area contributed by atoms with Crippen molar-refractivity contribution in [2.24, 2.45) is 0 Å². The smallest absolute Gasteiger partial charge is 0.147 e. The summed E-state index contributed by atoms with van der Waals surface area (Å²) in [7, 11) is 0. The van der Waals surface area contributed by atoms with Crippen molar-refractivity contribution in [2.75, 3.05) is 5.32 Å². The maximum Gasteiger partial charge on any atom is 0.147 e. The van der Waals surface area contributed by atoms with Gasteiger partial charge in [-0.2, -0.15) is 0 Å². The molecule has 3 nitrogen and oxygen atoms in total. The third-order valence-corrected chi connectivity index (χ3v) is 2.10. The van der Waals surface area contributed by atoms with Gasteiger partial charge in [0.25, 0.3) is 0 Å². The zero-order chi connectivity index (χ0) is 11.2. The Bertz CT molecular complexity index is 500. The molecule has 0 saturated heterocycles. The molecule has 0 amide bonds. The lowest BCUT2D eigenvalue weighted by Gasteiger charge is -2.05. The number of benzene rings is 1. The first kappa shape index (κ1) is 10.2. The summed E-state index contributed by atoms with van der Waals surface area (Å²) in [6.45, 7) is 0.592. The minimum atomic E-state index is 0.592. The first-order chi connectivity index (χ1) is 7.88. The molecule has 78 valence electrons. The summed E-state index contributed by atoms with van der Waals surface area (Å²) in [5.74, 6) is 3.35. The lowest BCUT2D eigenvalue weighted by atomic mass is 10.2.